The Morgan fingerprint density at radius 1 is 0.831 bits per heavy atom. The summed E-state index contributed by atoms with van der Waals surface area (Å²) in [6.45, 7) is 7.98. The van der Waals surface area contributed by atoms with E-state index in [4.69, 9.17) is 15.1 Å². The number of nitrogens with one attached hydrogen (secondary N) is 2. The van der Waals surface area contributed by atoms with Gasteiger partial charge < -0.3 is 20.2 Å². The highest BCUT2D eigenvalue weighted by Crippen LogP contribution is 2.34. The molecule has 0 atom stereocenters. The third-order valence-electron chi connectivity index (χ3n) is 13.5. The summed E-state index contributed by atoms with van der Waals surface area (Å²) in [5, 5.41) is 20.1. The number of carbonyl (C=O) groups excluding carboxylic acids is 4. The van der Waals surface area contributed by atoms with Gasteiger partial charge in [0.25, 0.3) is 11.8 Å². The Bertz CT molecular complexity index is 2620. The molecule has 0 bridgehead atoms. The Balaban J connectivity index is 0.718. The van der Waals surface area contributed by atoms with Crippen LogP contribution in [0, 0.1) is 36.2 Å². The molecule has 4 fully saturated rings. The first-order chi connectivity index (χ1) is 31.4. The molecule has 0 spiro atoms. The molecule has 15 nitrogen and oxygen atoms in total. The Hall–Kier alpha value is -6.56. The maximum Gasteiger partial charge on any atom is 0.328 e. The number of aromatic nitrogens is 4. The normalized spacial score (nSPS) is 20.0. The molecular formula is C47H51F3N10O5. The van der Waals surface area contributed by atoms with Crippen molar-refractivity contribution in [1.82, 2.24) is 40.2 Å². The van der Waals surface area contributed by atoms with Crippen molar-refractivity contribution in [3.8, 4) is 16.9 Å². The van der Waals surface area contributed by atoms with Gasteiger partial charge in [0.1, 0.15) is 0 Å². The highest BCUT2D eigenvalue weighted by molar-refractivity contribution is 6.06. The minimum absolute atomic E-state index is 0.0534. The summed E-state index contributed by atoms with van der Waals surface area (Å²) in [6, 6.07) is 11.8. The number of urea groups is 1. The smallest absolute Gasteiger partial charge is 0.328 e. The number of nitrogens with zero attached hydrogens (tertiary/aromatic N) is 8. The third kappa shape index (κ3) is 9.35. The van der Waals surface area contributed by atoms with Gasteiger partial charge >= 0.3 is 6.03 Å². The maximum absolute atomic E-state index is 14.2. The fourth-order valence-corrected chi connectivity index (χ4v) is 9.56. The van der Waals surface area contributed by atoms with Crippen molar-refractivity contribution < 1.29 is 37.5 Å². The predicted octanol–water partition coefficient (Wildman–Crippen LogP) is 6.21. The van der Waals surface area contributed by atoms with Gasteiger partial charge in [-0.15, -0.1) is 0 Å². The van der Waals surface area contributed by atoms with Crippen LogP contribution >= 0.6 is 0 Å². The molecule has 3 aliphatic heterocycles. The molecular weight excluding hydrogens is 842 g/mol. The van der Waals surface area contributed by atoms with Crippen LogP contribution in [0.2, 0.25) is 0 Å². The number of imide groups is 1. The number of halogens is 3. The molecule has 1 saturated carbocycles. The first-order valence-electron chi connectivity index (χ1n) is 22.3. The number of piperidine rings is 1. The van der Waals surface area contributed by atoms with Gasteiger partial charge in [-0.2, -0.15) is 9.49 Å². The molecule has 3 saturated heterocycles. The van der Waals surface area contributed by atoms with Crippen LogP contribution in [-0.4, -0.2) is 117 Å². The number of benzene rings is 3. The maximum atomic E-state index is 14.2. The van der Waals surface area contributed by atoms with Crippen LogP contribution < -0.4 is 20.4 Å². The molecule has 2 aromatic heterocycles. The van der Waals surface area contributed by atoms with Gasteiger partial charge in [-0.25, -0.2) is 23.5 Å². The lowest BCUT2D eigenvalue weighted by Gasteiger charge is -2.39. The number of phenolic OH excluding ortho intramolecular Hbond substituents is 1. The first-order valence-corrected chi connectivity index (χ1v) is 22.3. The number of hydrogen-bond acceptors (Lipinski definition) is 10. The summed E-state index contributed by atoms with van der Waals surface area (Å²) in [6.07, 6.45) is 11.2. The standard InChI is InChI=1S/C47H51F3N10O5/c1-28-2-5-32(21-39(28)59-15-12-40(61)54-47(59)65)45(64)57-18-16-56(17-19-57)26-30-10-13-58(14-11-30)46-52-24-34(25-53-46)31-6-7-33-27-60(55-38(33)20-31)35-8-3-29(4-9-35)23-51-44(63)36-22-37(48)43(62)42(50)41(36)49/h2,5-7,20-22,24-25,27,29-30,35,62H,3-4,8-19,23,26H2,1H3,(H,51,63)(H,54,61,65). The van der Waals surface area contributed by atoms with Crippen molar-refractivity contribution in [2.75, 3.05) is 68.7 Å². The van der Waals surface area contributed by atoms with Gasteiger partial charge in [0.15, 0.2) is 17.4 Å². The molecule has 5 aromatic rings. The number of hydrogen-bond donors (Lipinski definition) is 3. The van der Waals surface area contributed by atoms with Crippen molar-refractivity contribution >= 4 is 46.3 Å². The lowest BCUT2D eigenvalue weighted by Crippen LogP contribution is -2.51. The molecule has 18 heteroatoms. The van der Waals surface area contributed by atoms with Gasteiger partial charge in [0, 0.05) is 106 Å². The van der Waals surface area contributed by atoms with E-state index >= 15 is 0 Å². The second kappa shape index (κ2) is 18.5. The van der Waals surface area contributed by atoms with Crippen LogP contribution in [0.15, 0.2) is 61.1 Å². The minimum atomic E-state index is -1.79. The van der Waals surface area contributed by atoms with E-state index in [1.54, 1.807) is 12.1 Å². The average Bonchev–Trinajstić information content (AvgIpc) is 3.76. The molecule has 0 radical (unpaired) electrons. The van der Waals surface area contributed by atoms with Crippen LogP contribution in [-0.2, 0) is 4.79 Å². The highest BCUT2D eigenvalue weighted by Gasteiger charge is 2.30. The Labute approximate surface area is 373 Å². The Morgan fingerprint density at radius 2 is 1.57 bits per heavy atom. The van der Waals surface area contributed by atoms with E-state index in [-0.39, 0.29) is 43.3 Å². The van der Waals surface area contributed by atoms with Crippen molar-refractivity contribution in [2.45, 2.75) is 57.9 Å². The highest BCUT2D eigenvalue weighted by atomic mass is 19.2. The van der Waals surface area contributed by atoms with Crippen molar-refractivity contribution in [3.63, 3.8) is 0 Å². The summed E-state index contributed by atoms with van der Waals surface area (Å²) in [5.41, 5.74) is 3.98. The first kappa shape index (κ1) is 43.7. The van der Waals surface area contributed by atoms with E-state index in [1.807, 2.05) is 59.4 Å². The number of amides is 5. The number of carbonyl (C=O) groups is 4. The number of fused-ring (bicyclic) bond motifs is 1. The van der Waals surface area contributed by atoms with E-state index in [0.717, 1.165) is 98.8 Å². The lowest BCUT2D eigenvalue weighted by atomic mass is 9.86. The zero-order chi connectivity index (χ0) is 45.4. The Kier molecular flexibility index (Phi) is 12.4. The number of anilines is 2. The van der Waals surface area contributed by atoms with Gasteiger partial charge in [-0.3, -0.25) is 34.2 Å². The van der Waals surface area contributed by atoms with Crippen molar-refractivity contribution in [2.24, 2.45) is 11.8 Å². The fraction of sp³-hybridized carbons (Fsp3) is 0.426. The number of piperazine rings is 1. The average molecular weight is 893 g/mol. The van der Waals surface area contributed by atoms with Crippen molar-refractivity contribution in [1.29, 1.82) is 0 Å². The topological polar surface area (TPSA) is 169 Å². The number of phenols is 1. The zero-order valence-electron chi connectivity index (χ0n) is 36.1. The second-order valence-electron chi connectivity index (χ2n) is 17.7. The van der Waals surface area contributed by atoms with E-state index < -0.39 is 40.7 Å². The Morgan fingerprint density at radius 3 is 2.29 bits per heavy atom. The van der Waals surface area contributed by atoms with Crippen LogP contribution in [0.1, 0.15) is 77.3 Å². The minimum Gasteiger partial charge on any atom is -0.503 e. The molecule has 340 valence electrons. The summed E-state index contributed by atoms with van der Waals surface area (Å²) in [7, 11) is 0. The molecule has 65 heavy (non-hydrogen) atoms. The third-order valence-corrected chi connectivity index (χ3v) is 13.5. The van der Waals surface area contributed by atoms with Crippen LogP contribution in [0.4, 0.5) is 29.6 Å². The molecule has 3 aromatic carbocycles. The molecule has 5 amide bonds. The van der Waals surface area contributed by atoms with Crippen molar-refractivity contribution in [3.05, 3.63) is 95.2 Å². The summed E-state index contributed by atoms with van der Waals surface area (Å²) in [5.74, 6) is -6.14. The second-order valence-corrected chi connectivity index (χ2v) is 17.7. The zero-order valence-corrected chi connectivity index (χ0v) is 36.1. The molecule has 3 N–H and O–H groups in total. The summed E-state index contributed by atoms with van der Waals surface area (Å²) >= 11 is 0. The SMILES string of the molecule is Cc1ccc(C(=O)N2CCN(CC3CCN(c4ncc(-c5ccc6cn(C7CCC(CNC(=O)c8cc(F)c(O)c(F)c8F)CC7)nc6c5)cn4)CC3)CC2)cc1N1CCC(=O)NC1=O. The van der Waals surface area contributed by atoms with E-state index in [2.05, 4.69) is 20.4 Å². The van der Waals surface area contributed by atoms with E-state index in [1.165, 1.54) is 4.90 Å². The molecule has 1 aliphatic carbocycles. The largest absolute Gasteiger partial charge is 0.503 e. The number of aromatic hydroxyl groups is 1. The lowest BCUT2D eigenvalue weighted by molar-refractivity contribution is -0.120. The van der Waals surface area contributed by atoms with Crippen LogP contribution in [0.25, 0.3) is 22.0 Å². The molecule has 4 aliphatic rings. The quantitative estimate of drug-likeness (QED) is 0.137. The number of aryl methyl sites for hydroxylation is 1. The van der Waals surface area contributed by atoms with Gasteiger partial charge in [-0.1, -0.05) is 18.2 Å². The monoisotopic (exact) mass is 892 g/mol. The number of rotatable bonds is 10. The van der Waals surface area contributed by atoms with E-state index in [0.29, 0.717) is 42.3 Å². The van der Waals surface area contributed by atoms with Gasteiger partial charge in [-0.05, 0) is 92.7 Å². The summed E-state index contributed by atoms with van der Waals surface area (Å²) in [4.78, 5) is 67.8. The fourth-order valence-electron chi connectivity index (χ4n) is 9.56. The molecule has 5 heterocycles. The molecule has 9 rings (SSSR count). The predicted molar refractivity (Wildman–Crippen MR) is 236 cm³/mol. The van der Waals surface area contributed by atoms with Gasteiger partial charge in [0.05, 0.1) is 17.1 Å². The van der Waals surface area contributed by atoms with Gasteiger partial charge in [0.2, 0.25) is 17.7 Å². The van der Waals surface area contributed by atoms with Crippen LogP contribution in [0.5, 0.6) is 5.75 Å². The summed E-state index contributed by atoms with van der Waals surface area (Å²) < 4.78 is 43.6. The molecule has 0 unspecified atom stereocenters. The van der Waals surface area contributed by atoms with E-state index in [9.17, 15) is 37.5 Å². The van der Waals surface area contributed by atoms with Crippen LogP contribution in [0.3, 0.4) is 0 Å².